The summed E-state index contributed by atoms with van der Waals surface area (Å²) in [6.45, 7) is 6.88. The van der Waals surface area contributed by atoms with E-state index in [1.54, 1.807) is 0 Å². The van der Waals surface area contributed by atoms with E-state index in [1.807, 2.05) is 6.92 Å². The molecule has 1 aromatic carbocycles. The van der Waals surface area contributed by atoms with Gasteiger partial charge >= 0.3 is 0 Å². The molecule has 0 aromatic heterocycles. The zero-order chi connectivity index (χ0) is 14.4. The Labute approximate surface area is 121 Å². The SMILES string of the molecule is CCNC(=O)CN(CC)c1ccc(CNC2CC2)cc1. The van der Waals surface area contributed by atoms with Gasteiger partial charge in [0, 0.05) is 31.4 Å². The third-order valence-electron chi connectivity index (χ3n) is 3.56. The largest absolute Gasteiger partial charge is 0.363 e. The van der Waals surface area contributed by atoms with Crippen LogP contribution in [0.2, 0.25) is 0 Å². The van der Waals surface area contributed by atoms with Crippen molar-refractivity contribution in [1.82, 2.24) is 10.6 Å². The minimum absolute atomic E-state index is 0.0776. The number of likely N-dealkylation sites (N-methyl/N-ethyl adjacent to an activating group) is 2. The minimum atomic E-state index is 0.0776. The van der Waals surface area contributed by atoms with Crippen molar-refractivity contribution in [2.24, 2.45) is 0 Å². The first-order valence-corrected chi connectivity index (χ1v) is 7.57. The Kier molecular flexibility index (Phi) is 5.41. The third-order valence-corrected chi connectivity index (χ3v) is 3.56. The molecule has 1 saturated carbocycles. The summed E-state index contributed by atoms with van der Waals surface area (Å²) in [5, 5.41) is 6.35. The van der Waals surface area contributed by atoms with Crippen LogP contribution in [0.15, 0.2) is 24.3 Å². The monoisotopic (exact) mass is 275 g/mol. The van der Waals surface area contributed by atoms with Gasteiger partial charge in [0.1, 0.15) is 0 Å². The van der Waals surface area contributed by atoms with Gasteiger partial charge in [0.25, 0.3) is 0 Å². The normalized spacial score (nSPS) is 14.1. The van der Waals surface area contributed by atoms with E-state index in [0.29, 0.717) is 13.1 Å². The minimum Gasteiger partial charge on any atom is -0.363 e. The molecule has 1 amide bonds. The number of hydrogen-bond donors (Lipinski definition) is 2. The van der Waals surface area contributed by atoms with Gasteiger partial charge in [-0.1, -0.05) is 12.1 Å². The van der Waals surface area contributed by atoms with Crippen LogP contribution in [0.1, 0.15) is 32.3 Å². The lowest BCUT2D eigenvalue weighted by Crippen LogP contribution is -2.37. The quantitative estimate of drug-likeness (QED) is 0.761. The van der Waals surface area contributed by atoms with E-state index < -0.39 is 0 Å². The maximum absolute atomic E-state index is 11.7. The van der Waals surface area contributed by atoms with Crippen molar-refractivity contribution in [2.75, 3.05) is 24.5 Å². The van der Waals surface area contributed by atoms with Gasteiger partial charge in [-0.2, -0.15) is 0 Å². The second-order valence-electron chi connectivity index (χ2n) is 5.29. The number of benzene rings is 1. The Morgan fingerprint density at radius 1 is 1.25 bits per heavy atom. The van der Waals surface area contributed by atoms with E-state index in [9.17, 15) is 4.79 Å². The van der Waals surface area contributed by atoms with Crippen molar-refractivity contribution in [3.05, 3.63) is 29.8 Å². The lowest BCUT2D eigenvalue weighted by molar-refractivity contribution is -0.119. The van der Waals surface area contributed by atoms with Gasteiger partial charge in [-0.25, -0.2) is 0 Å². The van der Waals surface area contributed by atoms with Gasteiger partial charge in [-0.15, -0.1) is 0 Å². The molecule has 4 nitrogen and oxygen atoms in total. The molecule has 0 unspecified atom stereocenters. The van der Waals surface area contributed by atoms with Gasteiger partial charge in [-0.3, -0.25) is 4.79 Å². The van der Waals surface area contributed by atoms with E-state index in [2.05, 4.69) is 46.7 Å². The first-order chi connectivity index (χ1) is 9.72. The van der Waals surface area contributed by atoms with E-state index in [0.717, 1.165) is 24.8 Å². The lowest BCUT2D eigenvalue weighted by atomic mass is 10.2. The summed E-state index contributed by atoms with van der Waals surface area (Å²) in [7, 11) is 0. The number of carbonyl (C=O) groups excluding carboxylic acids is 1. The molecule has 0 atom stereocenters. The van der Waals surface area contributed by atoms with Crippen molar-refractivity contribution in [3.63, 3.8) is 0 Å². The molecule has 2 rings (SSSR count). The maximum atomic E-state index is 11.7. The van der Waals surface area contributed by atoms with Crippen molar-refractivity contribution in [1.29, 1.82) is 0 Å². The van der Waals surface area contributed by atoms with Crippen LogP contribution in [0.3, 0.4) is 0 Å². The van der Waals surface area contributed by atoms with Crippen LogP contribution in [-0.2, 0) is 11.3 Å². The zero-order valence-electron chi connectivity index (χ0n) is 12.5. The average Bonchev–Trinajstić information content (AvgIpc) is 3.28. The molecule has 0 saturated heterocycles. The zero-order valence-corrected chi connectivity index (χ0v) is 12.5. The van der Waals surface area contributed by atoms with Gasteiger partial charge < -0.3 is 15.5 Å². The highest BCUT2D eigenvalue weighted by molar-refractivity contribution is 5.81. The summed E-state index contributed by atoms with van der Waals surface area (Å²) in [5.41, 5.74) is 2.41. The molecule has 1 aromatic rings. The maximum Gasteiger partial charge on any atom is 0.239 e. The fourth-order valence-corrected chi connectivity index (χ4v) is 2.19. The van der Waals surface area contributed by atoms with Crippen molar-refractivity contribution in [2.45, 2.75) is 39.3 Å². The van der Waals surface area contributed by atoms with Crippen molar-refractivity contribution < 1.29 is 4.79 Å². The molecule has 0 heterocycles. The van der Waals surface area contributed by atoms with Gasteiger partial charge in [-0.05, 0) is 44.4 Å². The highest BCUT2D eigenvalue weighted by Gasteiger charge is 2.19. The van der Waals surface area contributed by atoms with Crippen molar-refractivity contribution in [3.8, 4) is 0 Å². The second kappa shape index (κ2) is 7.29. The molecule has 1 aliphatic carbocycles. The van der Waals surface area contributed by atoms with Crippen LogP contribution >= 0.6 is 0 Å². The van der Waals surface area contributed by atoms with Crippen LogP contribution in [0.25, 0.3) is 0 Å². The van der Waals surface area contributed by atoms with Gasteiger partial charge in [0.15, 0.2) is 0 Å². The van der Waals surface area contributed by atoms with Crippen molar-refractivity contribution >= 4 is 11.6 Å². The van der Waals surface area contributed by atoms with E-state index >= 15 is 0 Å². The standard InChI is InChI=1S/C16H25N3O/c1-3-17-16(20)12-19(4-2)15-9-5-13(6-10-15)11-18-14-7-8-14/h5-6,9-10,14,18H,3-4,7-8,11-12H2,1-2H3,(H,17,20). The van der Waals surface area contributed by atoms with E-state index in [1.165, 1.54) is 18.4 Å². The molecule has 1 fully saturated rings. The predicted octanol–water partition coefficient (Wildman–Crippen LogP) is 1.90. The molecule has 2 N–H and O–H groups in total. The molecule has 20 heavy (non-hydrogen) atoms. The van der Waals surface area contributed by atoms with Crippen LogP contribution in [0, 0.1) is 0 Å². The molecule has 0 radical (unpaired) electrons. The number of hydrogen-bond acceptors (Lipinski definition) is 3. The van der Waals surface area contributed by atoms with Crippen LogP contribution in [-0.4, -0.2) is 31.6 Å². The Balaban J connectivity index is 1.89. The molecular formula is C16H25N3O. The average molecular weight is 275 g/mol. The number of carbonyl (C=O) groups is 1. The van der Waals surface area contributed by atoms with Crippen LogP contribution in [0.5, 0.6) is 0 Å². The molecule has 0 bridgehead atoms. The van der Waals surface area contributed by atoms with Gasteiger partial charge in [0.2, 0.25) is 5.91 Å². The topological polar surface area (TPSA) is 44.4 Å². The second-order valence-corrected chi connectivity index (χ2v) is 5.29. The molecule has 0 spiro atoms. The van der Waals surface area contributed by atoms with E-state index in [-0.39, 0.29) is 5.91 Å². The summed E-state index contributed by atoms with van der Waals surface area (Å²) in [4.78, 5) is 13.8. The molecule has 1 aliphatic rings. The Bertz CT molecular complexity index is 426. The molecule has 0 aliphatic heterocycles. The van der Waals surface area contributed by atoms with E-state index in [4.69, 9.17) is 0 Å². The fourth-order valence-electron chi connectivity index (χ4n) is 2.19. The number of nitrogens with zero attached hydrogens (tertiary/aromatic N) is 1. The highest BCUT2D eigenvalue weighted by atomic mass is 16.2. The summed E-state index contributed by atoms with van der Waals surface area (Å²) in [5.74, 6) is 0.0776. The Morgan fingerprint density at radius 3 is 2.50 bits per heavy atom. The molecule has 110 valence electrons. The lowest BCUT2D eigenvalue weighted by Gasteiger charge is -2.22. The summed E-state index contributed by atoms with van der Waals surface area (Å²) < 4.78 is 0. The Hall–Kier alpha value is -1.55. The highest BCUT2D eigenvalue weighted by Crippen LogP contribution is 2.20. The number of anilines is 1. The molecular weight excluding hydrogens is 250 g/mol. The fraction of sp³-hybridized carbons (Fsp3) is 0.562. The summed E-state index contributed by atoms with van der Waals surface area (Å²) >= 11 is 0. The number of amides is 1. The number of rotatable bonds is 8. The summed E-state index contributed by atoms with van der Waals surface area (Å²) in [6, 6.07) is 9.23. The van der Waals surface area contributed by atoms with Gasteiger partial charge in [0.05, 0.1) is 6.54 Å². The Morgan fingerprint density at radius 2 is 1.95 bits per heavy atom. The van der Waals surface area contributed by atoms with Crippen LogP contribution < -0.4 is 15.5 Å². The summed E-state index contributed by atoms with van der Waals surface area (Å²) in [6.07, 6.45) is 2.63. The number of nitrogens with one attached hydrogen (secondary N) is 2. The smallest absolute Gasteiger partial charge is 0.239 e. The first kappa shape index (κ1) is 14.9. The predicted molar refractivity (Wildman–Crippen MR) is 82.9 cm³/mol. The first-order valence-electron chi connectivity index (χ1n) is 7.57. The van der Waals surface area contributed by atoms with Crippen LogP contribution in [0.4, 0.5) is 5.69 Å². The molecule has 4 heteroatoms. The third kappa shape index (κ3) is 4.53.